The molecule has 2 aromatic rings. The van der Waals surface area contributed by atoms with Crippen LogP contribution in [0.2, 0.25) is 3.72 Å². The van der Waals surface area contributed by atoms with Gasteiger partial charge >= 0.3 is 159 Å². The average Bonchev–Trinajstić information content (AvgIpc) is 2.82. The molecule has 0 N–H and O–H groups in total. The van der Waals surface area contributed by atoms with Gasteiger partial charge in [-0.05, 0) is 0 Å². The quantitative estimate of drug-likeness (QED) is 0.628. The molecule has 0 saturated carbocycles. The Balaban J connectivity index is 0.00000182. The average molecular weight is 440 g/mol. The van der Waals surface area contributed by atoms with E-state index in [0.717, 1.165) is 6.42 Å². The zero-order chi connectivity index (χ0) is 18.4. The van der Waals surface area contributed by atoms with E-state index in [4.69, 9.17) is 3.32 Å². The fraction of sp³-hybridized carbons (Fsp3) is 0.391. The number of rotatable bonds is 3. The Kier molecular flexibility index (Phi) is 8.42. The van der Waals surface area contributed by atoms with Crippen LogP contribution in [0.15, 0.2) is 53.1 Å². The summed E-state index contributed by atoms with van der Waals surface area (Å²) in [5.74, 6) is 0. The molecule has 0 aromatic heterocycles. The molecule has 3 rings (SSSR count). The molecule has 0 spiro atoms. The Morgan fingerprint density at radius 1 is 0.889 bits per heavy atom. The zero-order valence-corrected chi connectivity index (χ0v) is 20.4. The molecule has 4 heteroatoms. The van der Waals surface area contributed by atoms with E-state index in [0.29, 0.717) is 0 Å². The second-order valence-electron chi connectivity index (χ2n) is 8.18. The van der Waals surface area contributed by atoms with Crippen molar-refractivity contribution in [1.82, 2.24) is 0 Å². The summed E-state index contributed by atoms with van der Waals surface area (Å²) < 4.78 is 7.93. The Morgan fingerprint density at radius 3 is 2.04 bits per heavy atom. The van der Waals surface area contributed by atoms with Crippen molar-refractivity contribution in [2.24, 2.45) is 0 Å². The molecule has 0 amide bonds. The van der Waals surface area contributed by atoms with Gasteiger partial charge in [-0.25, -0.2) is 0 Å². The third-order valence-electron chi connectivity index (χ3n) is 5.46. The molecular formula is C23H29Cl2OTi. The normalized spacial score (nSPS) is 14.3. The predicted molar refractivity (Wildman–Crippen MR) is 106 cm³/mol. The molecule has 0 radical (unpaired) electrons. The van der Waals surface area contributed by atoms with E-state index in [9.17, 15) is 0 Å². The van der Waals surface area contributed by atoms with Crippen LogP contribution in [-0.4, -0.2) is 7.11 Å². The Labute approximate surface area is 183 Å². The monoisotopic (exact) mass is 439 g/mol. The van der Waals surface area contributed by atoms with Gasteiger partial charge in [0, 0.05) is 0 Å². The minimum absolute atomic E-state index is 0. The van der Waals surface area contributed by atoms with Gasteiger partial charge in [-0.1, -0.05) is 0 Å². The molecule has 1 nitrogen and oxygen atoms in total. The van der Waals surface area contributed by atoms with Crippen LogP contribution < -0.4 is 28.7 Å². The molecule has 0 fully saturated rings. The van der Waals surface area contributed by atoms with Gasteiger partial charge in [0.05, 0.1) is 0 Å². The van der Waals surface area contributed by atoms with Crippen molar-refractivity contribution in [2.45, 2.75) is 51.7 Å². The van der Waals surface area contributed by atoms with Gasteiger partial charge in [-0.3, -0.25) is 0 Å². The Bertz CT molecular complexity index is 891. The SMILES string of the molecule is C[O][Ti+2]([c]1c(C2=C(C)C(C)=C(C)C2)ccc2ccccc12)[C](C)(C)C.[Cl-].[Cl-]. The summed E-state index contributed by atoms with van der Waals surface area (Å²) in [7, 11) is 1.91. The minimum Gasteiger partial charge on any atom is -1.00 e. The number of hydrogen-bond donors (Lipinski definition) is 0. The summed E-state index contributed by atoms with van der Waals surface area (Å²) in [6.45, 7) is 13.8. The fourth-order valence-electron chi connectivity index (χ4n) is 3.92. The molecule has 1 aliphatic rings. The van der Waals surface area contributed by atoms with E-state index in [-0.39, 0.29) is 28.5 Å². The largest absolute Gasteiger partial charge is 1.00 e. The number of allylic oxidation sites excluding steroid dienone is 4. The third kappa shape index (κ3) is 4.55. The van der Waals surface area contributed by atoms with E-state index in [1.807, 2.05) is 7.11 Å². The summed E-state index contributed by atoms with van der Waals surface area (Å²) in [6, 6.07) is 13.4. The van der Waals surface area contributed by atoms with Crippen LogP contribution in [0.3, 0.4) is 0 Å². The van der Waals surface area contributed by atoms with Crippen molar-refractivity contribution in [3.05, 3.63) is 58.7 Å². The Morgan fingerprint density at radius 2 is 1.52 bits per heavy atom. The van der Waals surface area contributed by atoms with Gasteiger partial charge in [0.15, 0.2) is 0 Å². The van der Waals surface area contributed by atoms with Crippen molar-refractivity contribution in [1.29, 1.82) is 0 Å². The molecule has 145 valence electrons. The number of fused-ring (bicyclic) bond motifs is 1. The second kappa shape index (κ2) is 9.29. The molecule has 0 unspecified atom stereocenters. The van der Waals surface area contributed by atoms with Crippen LogP contribution >= 0.6 is 0 Å². The molecule has 0 heterocycles. The molecule has 0 bridgehead atoms. The summed E-state index contributed by atoms with van der Waals surface area (Å²) >= 11 is -1.96. The van der Waals surface area contributed by atoms with Gasteiger partial charge in [-0.2, -0.15) is 0 Å². The number of benzene rings is 2. The molecule has 0 saturated heterocycles. The van der Waals surface area contributed by atoms with E-state index in [2.05, 4.69) is 77.9 Å². The fourth-order valence-corrected chi connectivity index (χ4v) is 7.86. The summed E-state index contributed by atoms with van der Waals surface area (Å²) in [6.07, 6.45) is 1.07. The molecule has 2 aromatic carbocycles. The molecule has 0 atom stereocenters. The molecular weight excluding hydrogens is 411 g/mol. The van der Waals surface area contributed by atoms with Crippen LogP contribution in [0.5, 0.6) is 0 Å². The summed E-state index contributed by atoms with van der Waals surface area (Å²) in [5.41, 5.74) is 7.35. The zero-order valence-electron chi connectivity index (χ0n) is 17.3. The van der Waals surface area contributed by atoms with Crippen LogP contribution in [0.25, 0.3) is 16.3 Å². The van der Waals surface area contributed by atoms with E-state index < -0.39 is 18.3 Å². The van der Waals surface area contributed by atoms with Gasteiger partial charge in [0.2, 0.25) is 0 Å². The van der Waals surface area contributed by atoms with Crippen molar-refractivity contribution in [3.63, 3.8) is 0 Å². The van der Waals surface area contributed by atoms with Crippen LogP contribution in [0.4, 0.5) is 0 Å². The first kappa shape index (κ1) is 24.5. The van der Waals surface area contributed by atoms with E-state index >= 15 is 0 Å². The van der Waals surface area contributed by atoms with Crippen molar-refractivity contribution in [2.75, 3.05) is 7.11 Å². The maximum Gasteiger partial charge on any atom is -1.00 e. The van der Waals surface area contributed by atoms with Crippen molar-refractivity contribution < 1.29 is 46.4 Å². The van der Waals surface area contributed by atoms with Gasteiger partial charge in [-0.15, -0.1) is 0 Å². The second-order valence-corrected chi connectivity index (χ2v) is 13.0. The number of halogens is 2. The predicted octanol–water partition coefficient (Wildman–Crippen LogP) is 0.385. The molecule has 0 aliphatic heterocycles. The maximum absolute atomic E-state index is 6.23. The van der Waals surface area contributed by atoms with Gasteiger partial charge in [0.1, 0.15) is 0 Å². The van der Waals surface area contributed by atoms with Crippen LogP contribution in [0.1, 0.15) is 53.5 Å². The van der Waals surface area contributed by atoms with Crippen molar-refractivity contribution >= 4 is 20.2 Å². The van der Waals surface area contributed by atoms with E-state index in [1.165, 1.54) is 42.5 Å². The topological polar surface area (TPSA) is 9.23 Å². The van der Waals surface area contributed by atoms with Crippen molar-refractivity contribution in [3.8, 4) is 0 Å². The molecule has 27 heavy (non-hydrogen) atoms. The minimum atomic E-state index is -1.96. The van der Waals surface area contributed by atoms with Gasteiger partial charge in [0.25, 0.3) is 0 Å². The third-order valence-corrected chi connectivity index (χ3v) is 9.78. The standard InChI is InChI=1S/C18H17.C4H9.CH3O.2ClH.Ti/c1-12-10-18(14(3)13(12)2)17-9-8-15-6-4-5-7-16(15)11-17;1-4(2)3;1-2;;;/h4-9H,10H2,1-3H3;1-3H3;1H3;2*1H;/q;;-1;;;+3/p-2. The first-order valence-electron chi connectivity index (χ1n) is 9.06. The van der Waals surface area contributed by atoms with E-state index in [1.54, 1.807) is 0 Å². The summed E-state index contributed by atoms with van der Waals surface area (Å²) in [5, 5.41) is 2.71. The summed E-state index contributed by atoms with van der Waals surface area (Å²) in [4.78, 5) is 0. The molecule has 1 aliphatic carbocycles. The van der Waals surface area contributed by atoms with Gasteiger partial charge < -0.3 is 24.8 Å². The first-order chi connectivity index (χ1) is 11.8. The number of hydrogen-bond acceptors (Lipinski definition) is 1. The van der Waals surface area contributed by atoms with Crippen LogP contribution in [-0.2, 0) is 21.6 Å². The Hall–Kier alpha value is -0.566. The first-order valence-corrected chi connectivity index (χ1v) is 11.3. The smallest absolute Gasteiger partial charge is 1.00 e. The maximum atomic E-state index is 6.23. The van der Waals surface area contributed by atoms with Crippen LogP contribution in [0, 0.1) is 0 Å².